The first-order valence-corrected chi connectivity index (χ1v) is 7.95. The maximum atomic E-state index is 11.4. The second kappa shape index (κ2) is 7.16. The molecule has 120 valence electrons. The minimum atomic E-state index is -0.518. The summed E-state index contributed by atoms with van der Waals surface area (Å²) >= 11 is 1.14. The fraction of sp³-hybridized carbons (Fsp3) is 0.294. The van der Waals surface area contributed by atoms with Crippen LogP contribution >= 0.6 is 11.3 Å². The van der Waals surface area contributed by atoms with Crippen LogP contribution in [-0.4, -0.2) is 23.2 Å². The summed E-state index contributed by atoms with van der Waals surface area (Å²) in [6, 6.07) is 7.52. The number of carbonyl (C=O) groups is 1. The Balaban J connectivity index is 1.90. The number of benzene rings is 1. The molecule has 0 atom stereocenters. The lowest BCUT2D eigenvalue weighted by Gasteiger charge is -2.18. The highest BCUT2D eigenvalue weighted by Crippen LogP contribution is 2.17. The van der Waals surface area contributed by atoms with Crippen LogP contribution in [0.4, 0.5) is 4.79 Å². The van der Waals surface area contributed by atoms with Crippen LogP contribution in [0, 0.1) is 11.8 Å². The van der Waals surface area contributed by atoms with Crippen molar-refractivity contribution >= 4 is 17.4 Å². The zero-order chi connectivity index (χ0) is 16.9. The van der Waals surface area contributed by atoms with Gasteiger partial charge in [-0.05, 0) is 38.5 Å². The van der Waals surface area contributed by atoms with Crippen LogP contribution in [0.1, 0.15) is 26.3 Å². The van der Waals surface area contributed by atoms with E-state index in [9.17, 15) is 9.59 Å². The molecule has 0 saturated carbocycles. The third kappa shape index (κ3) is 5.64. The molecular weight excluding hydrogens is 312 g/mol. The Hall–Kier alpha value is -2.52. The summed E-state index contributed by atoms with van der Waals surface area (Å²) in [6.07, 6.45) is -0.483. The Morgan fingerprint density at radius 1 is 1.30 bits per heavy atom. The Bertz CT molecular complexity index is 786. The number of ether oxygens (including phenoxy) is 1. The number of thiazole rings is 1. The fourth-order valence-electron chi connectivity index (χ4n) is 1.73. The highest BCUT2D eigenvalue weighted by Gasteiger charge is 2.14. The van der Waals surface area contributed by atoms with E-state index in [1.165, 1.54) is 0 Å². The highest BCUT2D eigenvalue weighted by molar-refractivity contribution is 7.07. The van der Waals surface area contributed by atoms with Gasteiger partial charge in [0.15, 0.2) is 0 Å². The van der Waals surface area contributed by atoms with E-state index in [1.54, 1.807) is 26.2 Å². The van der Waals surface area contributed by atoms with Gasteiger partial charge in [-0.1, -0.05) is 35.3 Å². The molecule has 2 rings (SSSR count). The van der Waals surface area contributed by atoms with Crippen molar-refractivity contribution in [3.05, 3.63) is 44.9 Å². The first-order valence-electron chi connectivity index (χ1n) is 7.07. The topological polar surface area (TPSA) is 71.2 Å². The number of amides is 1. The summed E-state index contributed by atoms with van der Waals surface area (Å²) in [5, 5.41) is 4.36. The van der Waals surface area contributed by atoms with Gasteiger partial charge in [0.05, 0.1) is 12.2 Å². The largest absolute Gasteiger partial charge is 0.444 e. The predicted molar refractivity (Wildman–Crippen MR) is 91.5 cm³/mol. The van der Waals surface area contributed by atoms with Crippen molar-refractivity contribution in [3.8, 4) is 23.1 Å². The van der Waals surface area contributed by atoms with Crippen molar-refractivity contribution in [1.82, 2.24) is 10.3 Å². The van der Waals surface area contributed by atoms with Crippen LogP contribution < -0.4 is 10.2 Å². The molecule has 2 aromatic rings. The van der Waals surface area contributed by atoms with Gasteiger partial charge in [-0.25, -0.2) is 4.79 Å². The normalized spacial score (nSPS) is 10.6. The summed E-state index contributed by atoms with van der Waals surface area (Å²) < 4.78 is 5.11. The van der Waals surface area contributed by atoms with Crippen molar-refractivity contribution < 1.29 is 9.53 Å². The first-order chi connectivity index (χ1) is 10.8. The number of alkyl carbamates (subject to hydrolysis) is 1. The van der Waals surface area contributed by atoms with E-state index in [1.807, 2.05) is 24.3 Å². The van der Waals surface area contributed by atoms with Crippen LogP contribution in [0.3, 0.4) is 0 Å². The van der Waals surface area contributed by atoms with Crippen LogP contribution in [0.5, 0.6) is 0 Å². The van der Waals surface area contributed by atoms with E-state index in [0.717, 1.165) is 28.2 Å². The van der Waals surface area contributed by atoms with Gasteiger partial charge in [0.2, 0.25) is 0 Å². The van der Waals surface area contributed by atoms with Gasteiger partial charge in [0, 0.05) is 10.9 Å². The molecule has 2 N–H and O–H groups in total. The molecule has 1 amide bonds. The standard InChI is InChI=1S/C17H18N2O3S/c1-17(2,3)22-15(20)18-10-4-5-12-6-8-13(9-7-12)14-11-23-16(21)19-14/h6-9,11H,10H2,1-3H3,(H,18,20)(H,19,21). The Labute approximate surface area is 138 Å². The van der Waals surface area contributed by atoms with Crippen LogP contribution in [0.2, 0.25) is 0 Å². The third-order valence-corrected chi connectivity index (χ3v) is 3.34. The smallest absolute Gasteiger partial charge is 0.408 e. The lowest BCUT2D eigenvalue weighted by molar-refractivity contribution is 0.0535. The summed E-state index contributed by atoms with van der Waals surface area (Å²) in [5.41, 5.74) is 2.04. The van der Waals surface area contributed by atoms with E-state index in [2.05, 4.69) is 22.1 Å². The Kier molecular flexibility index (Phi) is 5.24. The Morgan fingerprint density at radius 2 is 2.00 bits per heavy atom. The van der Waals surface area contributed by atoms with Gasteiger partial charge in [-0.3, -0.25) is 4.79 Å². The van der Waals surface area contributed by atoms with Gasteiger partial charge in [-0.2, -0.15) is 0 Å². The maximum Gasteiger partial charge on any atom is 0.408 e. The highest BCUT2D eigenvalue weighted by atomic mass is 32.1. The van der Waals surface area contributed by atoms with Crippen molar-refractivity contribution in [3.63, 3.8) is 0 Å². The van der Waals surface area contributed by atoms with Crippen LogP contribution in [0.25, 0.3) is 11.3 Å². The molecule has 0 aliphatic rings. The van der Waals surface area contributed by atoms with E-state index in [0.29, 0.717) is 0 Å². The predicted octanol–water partition coefficient (Wildman–Crippen LogP) is 2.98. The van der Waals surface area contributed by atoms with Gasteiger partial charge in [0.25, 0.3) is 0 Å². The van der Waals surface area contributed by atoms with Crippen LogP contribution in [0.15, 0.2) is 34.4 Å². The van der Waals surface area contributed by atoms with Gasteiger partial charge in [-0.15, -0.1) is 0 Å². The molecule has 5 nitrogen and oxygen atoms in total. The van der Waals surface area contributed by atoms with Crippen LogP contribution in [-0.2, 0) is 4.74 Å². The molecule has 1 heterocycles. The number of aromatic amines is 1. The van der Waals surface area contributed by atoms with Crippen molar-refractivity contribution in [1.29, 1.82) is 0 Å². The molecular formula is C17H18N2O3S. The molecule has 1 aromatic carbocycles. The molecule has 0 aliphatic heterocycles. The molecule has 0 aliphatic carbocycles. The number of hydrogen-bond donors (Lipinski definition) is 2. The van der Waals surface area contributed by atoms with E-state index < -0.39 is 11.7 Å². The van der Waals surface area contributed by atoms with Gasteiger partial charge in [0.1, 0.15) is 5.60 Å². The second-order valence-corrected chi connectivity index (χ2v) is 6.64. The number of H-pyrrole nitrogens is 1. The number of carbonyl (C=O) groups excluding carboxylic acids is 1. The van der Waals surface area contributed by atoms with Crippen molar-refractivity contribution in [2.45, 2.75) is 26.4 Å². The lowest BCUT2D eigenvalue weighted by atomic mass is 10.1. The quantitative estimate of drug-likeness (QED) is 0.832. The molecule has 0 bridgehead atoms. The number of rotatable bonds is 2. The molecule has 1 aromatic heterocycles. The SMILES string of the molecule is CC(C)(C)OC(=O)NCC#Cc1ccc(-c2csc(=O)[nH]2)cc1. The molecule has 0 unspecified atom stereocenters. The maximum absolute atomic E-state index is 11.4. The number of nitrogens with one attached hydrogen (secondary N) is 2. The second-order valence-electron chi connectivity index (χ2n) is 5.80. The molecule has 23 heavy (non-hydrogen) atoms. The lowest BCUT2D eigenvalue weighted by Crippen LogP contribution is -2.32. The summed E-state index contributed by atoms with van der Waals surface area (Å²) in [4.78, 5) is 25.3. The van der Waals surface area contributed by atoms with Crippen molar-refractivity contribution in [2.24, 2.45) is 0 Å². The van der Waals surface area contributed by atoms with E-state index >= 15 is 0 Å². The summed E-state index contributed by atoms with van der Waals surface area (Å²) in [7, 11) is 0. The molecule has 0 radical (unpaired) electrons. The molecule has 0 saturated heterocycles. The minimum absolute atomic E-state index is 0.0721. The van der Waals surface area contributed by atoms with E-state index in [4.69, 9.17) is 4.74 Å². The third-order valence-electron chi connectivity index (χ3n) is 2.67. The monoisotopic (exact) mass is 330 g/mol. The average Bonchev–Trinajstić information content (AvgIpc) is 2.89. The zero-order valence-corrected chi connectivity index (χ0v) is 14.0. The molecule has 0 fully saturated rings. The summed E-state index contributed by atoms with van der Waals surface area (Å²) in [5.74, 6) is 5.82. The fourth-order valence-corrected chi connectivity index (χ4v) is 2.32. The van der Waals surface area contributed by atoms with Crippen molar-refractivity contribution in [2.75, 3.05) is 6.54 Å². The Morgan fingerprint density at radius 3 is 2.57 bits per heavy atom. The summed E-state index contributed by atoms with van der Waals surface area (Å²) in [6.45, 7) is 5.64. The average molecular weight is 330 g/mol. The molecule has 6 heteroatoms. The van der Waals surface area contributed by atoms with Gasteiger partial charge >= 0.3 is 11.0 Å². The molecule has 0 spiro atoms. The van der Waals surface area contributed by atoms with Gasteiger partial charge < -0.3 is 15.0 Å². The first kappa shape index (κ1) is 16.8. The number of hydrogen-bond acceptors (Lipinski definition) is 4. The zero-order valence-electron chi connectivity index (χ0n) is 13.2. The minimum Gasteiger partial charge on any atom is -0.444 e. The van der Waals surface area contributed by atoms with E-state index in [-0.39, 0.29) is 11.4 Å². The number of aromatic nitrogens is 1.